The predicted molar refractivity (Wildman–Crippen MR) is 121 cm³/mol. The number of rotatable bonds is 8. The zero-order chi connectivity index (χ0) is 21.8. The van der Waals surface area contributed by atoms with Gasteiger partial charge in [0.25, 0.3) is 0 Å². The van der Waals surface area contributed by atoms with E-state index < -0.39 is 7.50 Å². The summed E-state index contributed by atoms with van der Waals surface area (Å²) in [4.78, 5) is 12.2. The predicted octanol–water partition coefficient (Wildman–Crippen LogP) is 4.62. The number of carbonyl (C=O) groups excluding carboxylic acids is 1. The van der Waals surface area contributed by atoms with Gasteiger partial charge in [-0.1, -0.05) is 66.5 Å². The summed E-state index contributed by atoms with van der Waals surface area (Å²) in [5, 5.41) is 3.63. The van der Waals surface area contributed by atoms with Gasteiger partial charge in [0.15, 0.2) is 7.50 Å². The Bertz CT molecular complexity index is 620. The summed E-state index contributed by atoms with van der Waals surface area (Å²) < 4.78 is 28.0. The van der Waals surface area contributed by atoms with Gasteiger partial charge < -0.3 is 14.4 Å². The molecule has 29 heavy (non-hydrogen) atoms. The first kappa shape index (κ1) is 24.6. The van der Waals surface area contributed by atoms with Crippen LogP contribution in [0, 0.1) is 6.42 Å². The second-order valence-corrected chi connectivity index (χ2v) is 11.1. The quantitative estimate of drug-likeness (QED) is 0.296. The molecule has 3 rings (SSSR count). The summed E-state index contributed by atoms with van der Waals surface area (Å²) in [6, 6.07) is 9.44. The van der Waals surface area contributed by atoms with Crippen LogP contribution in [-0.2, 0) is 42.0 Å². The SMILES string of the molecule is [2H]C[C@H]1O[C@@H](C)[CH-][C@H]1OP(SCCSC(=O)c1ccccc1)N1CCCC1.[3H]OC.[Y]. The van der Waals surface area contributed by atoms with Crippen LogP contribution in [0.2, 0.25) is 0 Å². The first-order valence-corrected chi connectivity index (χ1v) is 13.2. The van der Waals surface area contributed by atoms with E-state index in [1.807, 2.05) is 48.6 Å². The van der Waals surface area contributed by atoms with Gasteiger partial charge in [-0.3, -0.25) is 15.9 Å². The molecular weight excluding hydrogens is 502 g/mol. The minimum atomic E-state index is -0.779. The Balaban J connectivity index is 0.00000113. The molecule has 2 fully saturated rings. The van der Waals surface area contributed by atoms with Gasteiger partial charge >= 0.3 is 0 Å². The van der Waals surface area contributed by atoms with Crippen molar-refractivity contribution < 1.29 is 53.2 Å². The van der Waals surface area contributed by atoms with Crippen molar-refractivity contribution in [1.29, 1.82) is 1.43 Å². The van der Waals surface area contributed by atoms with Crippen LogP contribution in [0.4, 0.5) is 0 Å². The number of benzene rings is 1. The molecule has 1 N–H and O–H groups in total. The van der Waals surface area contributed by atoms with Crippen molar-refractivity contribution in [3.63, 3.8) is 0 Å². The van der Waals surface area contributed by atoms with Gasteiger partial charge in [0.1, 0.15) is 0 Å². The summed E-state index contributed by atoms with van der Waals surface area (Å²) in [7, 11) is 0.513. The number of aliphatic hydroxyl groups is 1. The maximum atomic E-state index is 12.2. The fraction of sp³-hybridized carbons (Fsp3) is 0.600. The minimum Gasteiger partial charge on any atom is -0.407 e. The topological polar surface area (TPSA) is 59.0 Å². The molecular formula is C20H31NO4PS2Y-. The third-order valence-corrected chi connectivity index (χ3v) is 9.49. The maximum absolute atomic E-state index is 12.2. The molecule has 0 amide bonds. The molecule has 0 bridgehead atoms. The monoisotopic (exact) mass is 536 g/mol. The Kier molecular flexibility index (Phi) is 13.3. The molecule has 2 saturated heterocycles. The number of hydrogen-bond acceptors (Lipinski definition) is 7. The van der Waals surface area contributed by atoms with Crippen molar-refractivity contribution in [2.75, 3.05) is 31.7 Å². The fourth-order valence-electron chi connectivity index (χ4n) is 2.95. The van der Waals surface area contributed by atoms with Crippen LogP contribution in [0.15, 0.2) is 30.3 Å². The zero-order valence-electron chi connectivity index (χ0n) is 19.1. The molecule has 0 aromatic heterocycles. The molecule has 1 aromatic rings. The van der Waals surface area contributed by atoms with Gasteiger partial charge in [0.2, 0.25) is 6.55 Å². The smallest absolute Gasteiger partial charge is 0.219 e. The van der Waals surface area contributed by atoms with Crippen LogP contribution in [0.5, 0.6) is 0 Å². The van der Waals surface area contributed by atoms with Crippen molar-refractivity contribution in [2.45, 2.75) is 45.0 Å². The van der Waals surface area contributed by atoms with E-state index in [1.54, 1.807) is 0 Å². The van der Waals surface area contributed by atoms with Gasteiger partial charge in [0.05, 0.1) is 6.10 Å². The molecule has 0 aliphatic carbocycles. The maximum Gasteiger partial charge on any atom is 0.219 e. The molecule has 161 valence electrons. The molecule has 1 unspecified atom stereocenters. The van der Waals surface area contributed by atoms with E-state index in [1.165, 1.54) is 31.7 Å². The van der Waals surface area contributed by atoms with Gasteiger partial charge in [-0.25, -0.2) is 0 Å². The van der Waals surface area contributed by atoms with E-state index in [-0.39, 0.29) is 63.0 Å². The molecule has 2 heterocycles. The minimum absolute atomic E-state index is 0. The molecule has 0 spiro atoms. The first-order valence-electron chi connectivity index (χ1n) is 10.6. The van der Waals surface area contributed by atoms with Crippen molar-refractivity contribution in [1.82, 2.24) is 4.67 Å². The Morgan fingerprint density at radius 3 is 2.79 bits per heavy atom. The fourth-order valence-corrected chi connectivity index (χ4v) is 8.20. The Labute approximate surface area is 212 Å². The van der Waals surface area contributed by atoms with Crippen LogP contribution in [-0.4, -0.2) is 66.3 Å². The Hall–Kier alpha value is 0.964. The number of thioether (sulfide) groups is 1. The van der Waals surface area contributed by atoms with E-state index in [0.29, 0.717) is 0 Å². The first-order chi connectivity index (χ1) is 14.6. The molecule has 1 aromatic carbocycles. The largest absolute Gasteiger partial charge is 0.407 e. The van der Waals surface area contributed by atoms with Gasteiger partial charge in [-0.2, -0.15) is 0 Å². The third kappa shape index (κ3) is 9.55. The normalized spacial score (nSPS) is 25.9. The average molecular weight is 536 g/mol. The van der Waals surface area contributed by atoms with Gasteiger partial charge in [-0.15, -0.1) is 0 Å². The van der Waals surface area contributed by atoms with Crippen molar-refractivity contribution in [3.05, 3.63) is 42.3 Å². The number of nitrogens with zero attached hydrogens (tertiary/aromatic N) is 1. The van der Waals surface area contributed by atoms with Gasteiger partial charge in [0, 0.05) is 71.3 Å². The standard InChI is InChI=1S/C19H27NO3PS2.CH4O.Y/c1-15-14-18(16(2)22-15)23-24(20-10-6-7-11-20)26-13-12-25-19(21)17-8-4-3-5-9-17;1-2;/h3-5,8-9,14-16,18H,6-7,10-13H2,1-2H3;2H,1H3;/q-1;;/t15-,16+,18+,24?;;/m0../s1/i2D;2T;. The zero-order valence-corrected chi connectivity index (χ0v) is 22.4. The second-order valence-electron chi connectivity index (χ2n) is 6.38. The van der Waals surface area contributed by atoms with Crippen molar-refractivity contribution >= 4 is 35.8 Å². The van der Waals surface area contributed by atoms with E-state index in [9.17, 15) is 4.79 Å². The number of hydrogen-bond donors (Lipinski definition) is 1. The van der Waals surface area contributed by atoms with Crippen LogP contribution in [0.25, 0.3) is 0 Å². The molecule has 1 radical (unpaired) electrons. The van der Waals surface area contributed by atoms with E-state index >= 15 is 0 Å². The van der Waals surface area contributed by atoms with Crippen LogP contribution in [0.1, 0.15) is 38.4 Å². The average Bonchev–Trinajstić information content (AvgIpc) is 3.41. The Morgan fingerprint density at radius 2 is 2.14 bits per heavy atom. The summed E-state index contributed by atoms with van der Waals surface area (Å²) in [6.07, 6.45) is 4.29. The molecule has 5 nitrogen and oxygen atoms in total. The molecule has 2 aliphatic heterocycles. The summed E-state index contributed by atoms with van der Waals surface area (Å²) in [5.41, 5.74) is 0.760. The van der Waals surface area contributed by atoms with Crippen molar-refractivity contribution in [3.8, 4) is 0 Å². The number of aliphatic hydroxyl groups excluding tert-OH is 1. The molecule has 0 saturated carbocycles. The van der Waals surface area contributed by atoms with Gasteiger partial charge in [-0.05, 0) is 25.8 Å². The van der Waals surface area contributed by atoms with E-state index in [4.69, 9.17) is 12.1 Å². The van der Waals surface area contributed by atoms with Crippen LogP contribution < -0.4 is 0 Å². The summed E-state index contributed by atoms with van der Waals surface area (Å²) in [5.74, 6) is 1.65. The second kappa shape index (κ2) is 15.7. The van der Waals surface area contributed by atoms with Crippen LogP contribution in [0.3, 0.4) is 0 Å². The Morgan fingerprint density at radius 1 is 1.45 bits per heavy atom. The summed E-state index contributed by atoms with van der Waals surface area (Å²) >= 11 is 3.19. The number of ether oxygens (including phenoxy) is 1. The molecule has 2 aliphatic rings. The van der Waals surface area contributed by atoms with Crippen LogP contribution >= 0.6 is 30.6 Å². The summed E-state index contributed by atoms with van der Waals surface area (Å²) in [6.45, 7) is 4.37. The molecule has 9 heteroatoms. The molecule has 4 atom stereocenters. The third-order valence-electron chi connectivity index (χ3n) is 4.27. The van der Waals surface area contributed by atoms with E-state index in [0.717, 1.165) is 30.2 Å². The number of carbonyl (C=O) groups is 1. The van der Waals surface area contributed by atoms with Crippen molar-refractivity contribution in [2.24, 2.45) is 0 Å². The van der Waals surface area contributed by atoms with E-state index in [2.05, 4.69) is 16.2 Å².